The molecule has 0 bridgehead atoms. The van der Waals surface area contributed by atoms with Crippen molar-refractivity contribution in [1.29, 1.82) is 0 Å². The van der Waals surface area contributed by atoms with Crippen molar-refractivity contribution in [3.63, 3.8) is 0 Å². The van der Waals surface area contributed by atoms with E-state index in [1.807, 2.05) is 39.0 Å². The fourth-order valence-corrected chi connectivity index (χ4v) is 1.76. The first-order valence-corrected chi connectivity index (χ1v) is 6.06. The van der Waals surface area contributed by atoms with E-state index in [0.29, 0.717) is 5.75 Å². The molecule has 3 heteroatoms. The molecule has 0 saturated carbocycles. The van der Waals surface area contributed by atoms with Crippen molar-refractivity contribution < 1.29 is 9.53 Å². The summed E-state index contributed by atoms with van der Waals surface area (Å²) in [6.07, 6.45) is 2.25. The van der Waals surface area contributed by atoms with Gasteiger partial charge < -0.3 is 10.1 Å². The Kier molecular flexibility index (Phi) is 3.09. The molecule has 0 amide bonds. The van der Waals surface area contributed by atoms with Crippen molar-refractivity contribution in [2.24, 2.45) is 5.41 Å². The van der Waals surface area contributed by atoms with E-state index in [1.54, 1.807) is 0 Å². The lowest BCUT2D eigenvalue weighted by molar-refractivity contribution is -0.142. The largest absolute Gasteiger partial charge is 0.426 e. The molecule has 0 spiro atoms. The van der Waals surface area contributed by atoms with Crippen molar-refractivity contribution in [3.8, 4) is 5.75 Å². The molecule has 1 aromatic rings. The molecule has 1 aliphatic rings. The third-order valence-corrected chi connectivity index (χ3v) is 2.84. The predicted molar refractivity (Wildman–Crippen MR) is 68.3 cm³/mol. The highest BCUT2D eigenvalue weighted by Crippen LogP contribution is 2.28. The van der Waals surface area contributed by atoms with Gasteiger partial charge in [-0.25, -0.2) is 0 Å². The van der Waals surface area contributed by atoms with E-state index >= 15 is 0 Å². The first-order valence-electron chi connectivity index (χ1n) is 6.06. The predicted octanol–water partition coefficient (Wildman–Crippen LogP) is 3.00. The lowest BCUT2D eigenvalue weighted by Crippen LogP contribution is -2.25. The Labute approximate surface area is 102 Å². The van der Waals surface area contributed by atoms with E-state index in [0.717, 1.165) is 25.1 Å². The molecule has 1 heterocycles. The van der Waals surface area contributed by atoms with Crippen LogP contribution in [0.4, 0.5) is 5.69 Å². The van der Waals surface area contributed by atoms with E-state index in [-0.39, 0.29) is 5.97 Å². The maximum Gasteiger partial charge on any atom is 0.316 e. The number of carbonyl (C=O) groups is 1. The lowest BCUT2D eigenvalue weighted by Gasteiger charge is -2.20. The van der Waals surface area contributed by atoms with E-state index < -0.39 is 5.41 Å². The quantitative estimate of drug-likeness (QED) is 0.598. The number of aryl methyl sites for hydroxylation is 1. The van der Waals surface area contributed by atoms with Crippen LogP contribution < -0.4 is 10.1 Å². The Hall–Kier alpha value is -1.51. The number of anilines is 1. The third-order valence-electron chi connectivity index (χ3n) is 2.84. The number of fused-ring (bicyclic) bond motifs is 1. The third kappa shape index (κ3) is 2.78. The summed E-state index contributed by atoms with van der Waals surface area (Å²) in [5.74, 6) is 0.423. The average molecular weight is 233 g/mol. The lowest BCUT2D eigenvalue weighted by atomic mass is 9.97. The zero-order valence-corrected chi connectivity index (χ0v) is 10.7. The normalized spacial score (nSPS) is 14.8. The summed E-state index contributed by atoms with van der Waals surface area (Å²) in [7, 11) is 0. The van der Waals surface area contributed by atoms with Crippen LogP contribution in [0.15, 0.2) is 18.2 Å². The Morgan fingerprint density at radius 3 is 2.82 bits per heavy atom. The first kappa shape index (κ1) is 12.0. The average Bonchev–Trinajstić information content (AvgIpc) is 2.27. The minimum absolute atomic E-state index is 0.201. The van der Waals surface area contributed by atoms with Gasteiger partial charge in [-0.3, -0.25) is 4.79 Å². The van der Waals surface area contributed by atoms with Gasteiger partial charge >= 0.3 is 5.97 Å². The maximum absolute atomic E-state index is 11.8. The second-order valence-corrected chi connectivity index (χ2v) is 5.49. The molecule has 0 fully saturated rings. The number of benzene rings is 1. The molecule has 0 saturated heterocycles. The maximum atomic E-state index is 11.8. The number of nitrogens with one attached hydrogen (secondary N) is 1. The Morgan fingerprint density at radius 2 is 2.12 bits per heavy atom. The standard InChI is InChI=1S/C14H19NO2/c1-14(2,3)13(16)17-11-7-6-10-5-4-8-15-12(10)9-11/h6-7,9,15H,4-5,8H2,1-3H3. The molecule has 1 aromatic carbocycles. The van der Waals surface area contributed by atoms with Crippen LogP contribution in [-0.2, 0) is 11.2 Å². The van der Waals surface area contributed by atoms with Crippen LogP contribution in [-0.4, -0.2) is 12.5 Å². The van der Waals surface area contributed by atoms with Gasteiger partial charge in [0.2, 0.25) is 0 Å². The van der Waals surface area contributed by atoms with Gasteiger partial charge in [0.05, 0.1) is 5.41 Å². The molecular formula is C14H19NO2. The highest BCUT2D eigenvalue weighted by molar-refractivity contribution is 5.78. The van der Waals surface area contributed by atoms with Gasteiger partial charge in [0.25, 0.3) is 0 Å². The molecular weight excluding hydrogens is 214 g/mol. The van der Waals surface area contributed by atoms with Crippen molar-refractivity contribution >= 4 is 11.7 Å². The molecule has 1 aliphatic heterocycles. The second kappa shape index (κ2) is 4.40. The molecule has 0 aliphatic carbocycles. The SMILES string of the molecule is CC(C)(C)C(=O)Oc1ccc2c(c1)NCCC2. The minimum Gasteiger partial charge on any atom is -0.426 e. The fraction of sp³-hybridized carbons (Fsp3) is 0.500. The summed E-state index contributed by atoms with van der Waals surface area (Å²) in [6, 6.07) is 5.82. The number of rotatable bonds is 1. The van der Waals surface area contributed by atoms with Crippen LogP contribution in [0.2, 0.25) is 0 Å². The Morgan fingerprint density at radius 1 is 1.35 bits per heavy atom. The first-order chi connectivity index (χ1) is 7.97. The molecule has 0 unspecified atom stereocenters. The fourth-order valence-electron chi connectivity index (χ4n) is 1.76. The topological polar surface area (TPSA) is 38.3 Å². The van der Waals surface area contributed by atoms with Gasteiger partial charge in [-0.2, -0.15) is 0 Å². The van der Waals surface area contributed by atoms with Gasteiger partial charge in [0.15, 0.2) is 0 Å². The molecule has 1 N–H and O–H groups in total. The molecule has 92 valence electrons. The van der Waals surface area contributed by atoms with Crippen LogP contribution in [0.5, 0.6) is 5.75 Å². The summed E-state index contributed by atoms with van der Waals surface area (Å²) in [5.41, 5.74) is 1.92. The summed E-state index contributed by atoms with van der Waals surface area (Å²) in [4.78, 5) is 11.8. The van der Waals surface area contributed by atoms with Crippen molar-refractivity contribution in [2.75, 3.05) is 11.9 Å². The van der Waals surface area contributed by atoms with Gasteiger partial charge in [0.1, 0.15) is 5.75 Å². The molecule has 17 heavy (non-hydrogen) atoms. The van der Waals surface area contributed by atoms with Crippen LogP contribution in [0.1, 0.15) is 32.8 Å². The zero-order valence-electron chi connectivity index (χ0n) is 10.7. The van der Waals surface area contributed by atoms with Gasteiger partial charge in [-0.15, -0.1) is 0 Å². The zero-order chi connectivity index (χ0) is 12.5. The highest BCUT2D eigenvalue weighted by atomic mass is 16.5. The number of hydrogen-bond acceptors (Lipinski definition) is 3. The van der Waals surface area contributed by atoms with Gasteiger partial charge in [0, 0.05) is 18.3 Å². The number of hydrogen-bond donors (Lipinski definition) is 1. The van der Waals surface area contributed by atoms with Crippen LogP contribution in [0, 0.1) is 5.41 Å². The molecule has 3 nitrogen and oxygen atoms in total. The summed E-state index contributed by atoms with van der Waals surface area (Å²) < 4.78 is 5.37. The van der Waals surface area contributed by atoms with Gasteiger partial charge in [-0.1, -0.05) is 6.07 Å². The van der Waals surface area contributed by atoms with E-state index in [1.165, 1.54) is 5.56 Å². The molecule has 0 radical (unpaired) electrons. The number of esters is 1. The highest BCUT2D eigenvalue weighted by Gasteiger charge is 2.24. The molecule has 2 rings (SSSR count). The Balaban J connectivity index is 2.15. The minimum atomic E-state index is -0.469. The van der Waals surface area contributed by atoms with E-state index in [9.17, 15) is 4.79 Å². The monoisotopic (exact) mass is 233 g/mol. The van der Waals surface area contributed by atoms with Gasteiger partial charge in [-0.05, 0) is 45.2 Å². The number of ether oxygens (including phenoxy) is 1. The van der Waals surface area contributed by atoms with E-state index in [4.69, 9.17) is 4.74 Å². The summed E-state index contributed by atoms with van der Waals surface area (Å²) in [6.45, 7) is 6.55. The summed E-state index contributed by atoms with van der Waals surface area (Å²) >= 11 is 0. The van der Waals surface area contributed by atoms with Crippen molar-refractivity contribution in [1.82, 2.24) is 0 Å². The molecule has 0 atom stereocenters. The van der Waals surface area contributed by atoms with Crippen LogP contribution >= 0.6 is 0 Å². The second-order valence-electron chi connectivity index (χ2n) is 5.49. The van der Waals surface area contributed by atoms with Crippen LogP contribution in [0.25, 0.3) is 0 Å². The van der Waals surface area contributed by atoms with Crippen molar-refractivity contribution in [3.05, 3.63) is 23.8 Å². The molecule has 0 aromatic heterocycles. The number of carbonyl (C=O) groups excluding carboxylic acids is 1. The van der Waals surface area contributed by atoms with Crippen LogP contribution in [0.3, 0.4) is 0 Å². The van der Waals surface area contributed by atoms with Crippen molar-refractivity contribution in [2.45, 2.75) is 33.6 Å². The van der Waals surface area contributed by atoms with E-state index in [2.05, 4.69) is 5.32 Å². The Bertz CT molecular complexity index is 432. The summed E-state index contributed by atoms with van der Waals surface area (Å²) in [5, 5.41) is 3.32. The smallest absolute Gasteiger partial charge is 0.316 e.